The number of benzene rings is 2. The molecule has 2 unspecified atom stereocenters. The van der Waals surface area contributed by atoms with Gasteiger partial charge in [-0.1, -0.05) is 0 Å². The van der Waals surface area contributed by atoms with E-state index in [0.717, 1.165) is 11.5 Å². The third-order valence-electron chi connectivity index (χ3n) is 5.60. The molecule has 42 heavy (non-hydrogen) atoms. The van der Waals surface area contributed by atoms with Gasteiger partial charge in [0.2, 0.25) is 13.6 Å². The quantitative estimate of drug-likeness (QED) is 0.159. The SMILES string of the molecule is CCOCCOCCOC(C)Oc1ccc2c(c1)OCO2.CCOCCOCCOC(C)Oc1ccc2c(c1)OCO2. The minimum atomic E-state index is -0.360. The molecule has 2 heterocycles. The summed E-state index contributed by atoms with van der Waals surface area (Å²) < 4.78 is 64.4. The van der Waals surface area contributed by atoms with Crippen LogP contribution < -0.4 is 28.4 Å². The Morgan fingerprint density at radius 1 is 0.524 bits per heavy atom. The molecular weight excluding hydrogens is 552 g/mol. The molecule has 0 saturated carbocycles. The summed E-state index contributed by atoms with van der Waals surface area (Å²) in [7, 11) is 0. The van der Waals surface area contributed by atoms with Crippen molar-refractivity contribution in [2.75, 3.05) is 79.7 Å². The van der Waals surface area contributed by atoms with E-state index < -0.39 is 0 Å². The predicted molar refractivity (Wildman–Crippen MR) is 152 cm³/mol. The van der Waals surface area contributed by atoms with Gasteiger partial charge in [-0.15, -0.1) is 0 Å². The summed E-state index contributed by atoms with van der Waals surface area (Å²) in [5.41, 5.74) is 0. The minimum Gasteiger partial charge on any atom is -0.465 e. The van der Waals surface area contributed by atoms with E-state index in [0.29, 0.717) is 89.1 Å². The molecule has 0 aromatic heterocycles. The zero-order chi connectivity index (χ0) is 29.8. The molecule has 0 fully saturated rings. The molecule has 236 valence electrons. The number of ether oxygens (including phenoxy) is 12. The third-order valence-corrected chi connectivity index (χ3v) is 5.60. The van der Waals surface area contributed by atoms with E-state index in [-0.39, 0.29) is 26.2 Å². The summed E-state index contributed by atoms with van der Waals surface area (Å²) in [6.07, 6.45) is -0.721. The number of hydrogen-bond acceptors (Lipinski definition) is 12. The van der Waals surface area contributed by atoms with Crippen molar-refractivity contribution in [2.45, 2.75) is 40.3 Å². The molecule has 0 N–H and O–H groups in total. The van der Waals surface area contributed by atoms with Gasteiger partial charge < -0.3 is 56.8 Å². The maximum absolute atomic E-state index is 5.65. The van der Waals surface area contributed by atoms with Crippen molar-refractivity contribution in [1.29, 1.82) is 0 Å². The Kier molecular flexibility index (Phi) is 16.0. The Morgan fingerprint density at radius 3 is 1.33 bits per heavy atom. The standard InChI is InChI=1S/2C15H22O6/c2*1-3-16-6-7-17-8-9-18-12(2)21-13-4-5-14-15(10-13)20-11-19-14/h2*4-5,10,12H,3,6-9,11H2,1-2H3. The molecule has 2 aliphatic rings. The van der Waals surface area contributed by atoms with E-state index in [2.05, 4.69) is 0 Å². The second-order valence-corrected chi connectivity index (χ2v) is 8.76. The Balaban J connectivity index is 0.000000230. The molecule has 2 aliphatic heterocycles. The summed E-state index contributed by atoms with van der Waals surface area (Å²) in [6.45, 7) is 13.9. The molecule has 0 amide bonds. The molecule has 0 bridgehead atoms. The lowest BCUT2D eigenvalue weighted by molar-refractivity contribution is -0.0861. The van der Waals surface area contributed by atoms with Crippen LogP contribution in [0.3, 0.4) is 0 Å². The monoisotopic (exact) mass is 596 g/mol. The van der Waals surface area contributed by atoms with Gasteiger partial charge in [-0.05, 0) is 52.0 Å². The fraction of sp³-hybridized carbons (Fsp3) is 0.600. The lowest BCUT2D eigenvalue weighted by atomic mass is 10.3. The van der Waals surface area contributed by atoms with Gasteiger partial charge in [-0.2, -0.15) is 0 Å². The van der Waals surface area contributed by atoms with Crippen molar-refractivity contribution in [3.8, 4) is 34.5 Å². The van der Waals surface area contributed by atoms with E-state index >= 15 is 0 Å². The molecule has 0 radical (unpaired) electrons. The van der Waals surface area contributed by atoms with Crippen LogP contribution in [-0.4, -0.2) is 92.2 Å². The van der Waals surface area contributed by atoms with Gasteiger partial charge in [0.1, 0.15) is 11.5 Å². The second-order valence-electron chi connectivity index (χ2n) is 8.76. The van der Waals surface area contributed by atoms with Crippen LogP contribution >= 0.6 is 0 Å². The number of hydrogen-bond donors (Lipinski definition) is 0. The van der Waals surface area contributed by atoms with Crippen molar-refractivity contribution in [3.05, 3.63) is 36.4 Å². The summed E-state index contributed by atoms with van der Waals surface area (Å²) in [4.78, 5) is 0. The van der Waals surface area contributed by atoms with E-state index in [1.54, 1.807) is 12.1 Å². The van der Waals surface area contributed by atoms with Crippen molar-refractivity contribution >= 4 is 0 Å². The topological polar surface area (TPSA) is 111 Å². The first kappa shape index (κ1) is 33.5. The van der Waals surface area contributed by atoms with Crippen LogP contribution in [0.5, 0.6) is 34.5 Å². The molecule has 12 nitrogen and oxygen atoms in total. The van der Waals surface area contributed by atoms with E-state index in [1.165, 1.54) is 0 Å². The normalized spacial score (nSPS) is 14.2. The Morgan fingerprint density at radius 2 is 0.905 bits per heavy atom. The lowest BCUT2D eigenvalue weighted by Crippen LogP contribution is -2.19. The number of fused-ring (bicyclic) bond motifs is 2. The molecule has 4 rings (SSSR count). The molecule has 2 atom stereocenters. The summed E-state index contributed by atoms with van der Waals surface area (Å²) in [6, 6.07) is 10.9. The van der Waals surface area contributed by atoms with Gasteiger partial charge in [0.15, 0.2) is 35.6 Å². The molecule has 12 heteroatoms. The predicted octanol–water partition coefficient (Wildman–Crippen LogP) is 4.42. The molecule has 0 aliphatic carbocycles. The Hall–Kier alpha value is -3.00. The van der Waals surface area contributed by atoms with Gasteiger partial charge >= 0.3 is 0 Å². The van der Waals surface area contributed by atoms with Gasteiger partial charge in [-0.3, -0.25) is 0 Å². The summed E-state index contributed by atoms with van der Waals surface area (Å²) in [5.74, 6) is 4.23. The van der Waals surface area contributed by atoms with Crippen LogP contribution in [0.1, 0.15) is 27.7 Å². The summed E-state index contributed by atoms with van der Waals surface area (Å²) >= 11 is 0. The first-order valence-corrected chi connectivity index (χ1v) is 14.3. The van der Waals surface area contributed by atoms with Gasteiger partial charge in [0.25, 0.3) is 0 Å². The highest BCUT2D eigenvalue weighted by molar-refractivity contribution is 5.47. The van der Waals surface area contributed by atoms with Crippen LogP contribution in [-0.2, 0) is 28.4 Å². The van der Waals surface area contributed by atoms with Crippen molar-refractivity contribution in [2.24, 2.45) is 0 Å². The molecular formula is C30H44O12. The van der Waals surface area contributed by atoms with Gasteiger partial charge in [0, 0.05) is 25.3 Å². The largest absolute Gasteiger partial charge is 0.465 e. The smallest absolute Gasteiger partial charge is 0.231 e. The Labute approximate surface area is 247 Å². The van der Waals surface area contributed by atoms with Gasteiger partial charge in [-0.25, -0.2) is 0 Å². The zero-order valence-electron chi connectivity index (χ0n) is 25.0. The van der Waals surface area contributed by atoms with Crippen molar-refractivity contribution in [1.82, 2.24) is 0 Å². The number of rotatable bonds is 20. The second kappa shape index (κ2) is 20.0. The first-order valence-electron chi connectivity index (χ1n) is 14.3. The average molecular weight is 597 g/mol. The fourth-order valence-corrected chi connectivity index (χ4v) is 3.63. The van der Waals surface area contributed by atoms with Gasteiger partial charge in [0.05, 0.1) is 52.9 Å². The maximum atomic E-state index is 5.65. The highest BCUT2D eigenvalue weighted by Gasteiger charge is 2.16. The average Bonchev–Trinajstić information content (AvgIpc) is 3.65. The maximum Gasteiger partial charge on any atom is 0.231 e. The first-order chi connectivity index (χ1) is 20.6. The van der Waals surface area contributed by atoms with E-state index in [1.807, 2.05) is 52.0 Å². The molecule has 0 spiro atoms. The van der Waals surface area contributed by atoms with Crippen LogP contribution in [0.25, 0.3) is 0 Å². The molecule has 0 saturated heterocycles. The zero-order valence-corrected chi connectivity index (χ0v) is 25.0. The third kappa shape index (κ3) is 12.9. The highest BCUT2D eigenvalue weighted by Crippen LogP contribution is 2.36. The fourth-order valence-electron chi connectivity index (χ4n) is 3.63. The van der Waals surface area contributed by atoms with Crippen LogP contribution in [0.2, 0.25) is 0 Å². The minimum absolute atomic E-state index is 0.254. The Bertz CT molecular complexity index is 925. The highest BCUT2D eigenvalue weighted by atomic mass is 16.7. The summed E-state index contributed by atoms with van der Waals surface area (Å²) in [5, 5.41) is 0. The van der Waals surface area contributed by atoms with Crippen molar-refractivity contribution < 1.29 is 56.8 Å². The molecule has 2 aromatic carbocycles. The van der Waals surface area contributed by atoms with Crippen LogP contribution in [0.15, 0.2) is 36.4 Å². The van der Waals surface area contributed by atoms with Crippen molar-refractivity contribution in [3.63, 3.8) is 0 Å². The lowest BCUT2D eigenvalue weighted by Gasteiger charge is -2.15. The van der Waals surface area contributed by atoms with Crippen LogP contribution in [0, 0.1) is 0 Å². The van der Waals surface area contributed by atoms with E-state index in [9.17, 15) is 0 Å². The van der Waals surface area contributed by atoms with E-state index in [4.69, 9.17) is 56.8 Å². The molecule has 2 aromatic rings. The van der Waals surface area contributed by atoms with Crippen LogP contribution in [0.4, 0.5) is 0 Å².